The summed E-state index contributed by atoms with van der Waals surface area (Å²) in [7, 11) is 0. The number of hydrogen-bond acceptors (Lipinski definition) is 1. The van der Waals surface area contributed by atoms with Crippen molar-refractivity contribution in [2.75, 3.05) is 5.32 Å². The van der Waals surface area contributed by atoms with Crippen LogP contribution in [0.2, 0.25) is 0 Å². The second kappa shape index (κ2) is 4.72. The highest BCUT2D eigenvalue weighted by atomic mass is 35.5. The molecule has 0 saturated carbocycles. The summed E-state index contributed by atoms with van der Waals surface area (Å²) in [6.45, 7) is 3.86. The van der Waals surface area contributed by atoms with Gasteiger partial charge in [0.05, 0.1) is 0 Å². The molecule has 1 rings (SSSR count). The van der Waals surface area contributed by atoms with Crippen molar-refractivity contribution in [3.05, 3.63) is 29.3 Å². The van der Waals surface area contributed by atoms with Gasteiger partial charge in [0.1, 0.15) is 0 Å². The number of carbonyl (C=O) groups excluding carboxylic acids is 1. The van der Waals surface area contributed by atoms with Crippen molar-refractivity contribution in [1.29, 1.82) is 0 Å². The topological polar surface area (TPSA) is 55.1 Å². The summed E-state index contributed by atoms with van der Waals surface area (Å²) in [6.07, 6.45) is 0. The van der Waals surface area contributed by atoms with Gasteiger partial charge in [0.15, 0.2) is 0 Å². The molecule has 0 aromatic heterocycles. The molecule has 3 nitrogen and oxygen atoms in total. The van der Waals surface area contributed by atoms with Crippen LogP contribution in [0.25, 0.3) is 0 Å². The van der Waals surface area contributed by atoms with Crippen LogP contribution < -0.4 is 11.1 Å². The van der Waals surface area contributed by atoms with Crippen molar-refractivity contribution in [3.63, 3.8) is 0 Å². The zero-order valence-electron chi connectivity index (χ0n) is 7.63. The van der Waals surface area contributed by atoms with Crippen LogP contribution in [0.4, 0.5) is 10.5 Å². The zero-order valence-corrected chi connectivity index (χ0v) is 8.44. The van der Waals surface area contributed by atoms with E-state index in [0.29, 0.717) is 0 Å². The number of urea groups is 1. The van der Waals surface area contributed by atoms with Crippen LogP contribution >= 0.6 is 12.4 Å². The number of rotatable bonds is 1. The molecular weight excluding hydrogens is 188 g/mol. The van der Waals surface area contributed by atoms with Crippen LogP contribution in [-0.2, 0) is 0 Å². The average molecular weight is 201 g/mol. The van der Waals surface area contributed by atoms with Gasteiger partial charge in [0, 0.05) is 5.69 Å². The Balaban J connectivity index is 0.00000144. The predicted molar refractivity (Wildman–Crippen MR) is 56.4 cm³/mol. The summed E-state index contributed by atoms with van der Waals surface area (Å²) in [4.78, 5) is 10.6. The maximum Gasteiger partial charge on any atom is 0.316 e. The van der Waals surface area contributed by atoms with E-state index < -0.39 is 6.03 Å². The van der Waals surface area contributed by atoms with E-state index in [4.69, 9.17) is 5.73 Å². The van der Waals surface area contributed by atoms with Crippen molar-refractivity contribution in [1.82, 2.24) is 0 Å². The normalized spacial score (nSPS) is 8.77. The van der Waals surface area contributed by atoms with Gasteiger partial charge >= 0.3 is 6.03 Å². The van der Waals surface area contributed by atoms with E-state index in [9.17, 15) is 4.79 Å². The minimum Gasteiger partial charge on any atom is -0.351 e. The lowest BCUT2D eigenvalue weighted by atomic mass is 10.1. The molecule has 1 aromatic carbocycles. The van der Waals surface area contributed by atoms with Crippen molar-refractivity contribution in [2.45, 2.75) is 13.8 Å². The van der Waals surface area contributed by atoms with Gasteiger partial charge in [-0.2, -0.15) is 0 Å². The summed E-state index contributed by atoms with van der Waals surface area (Å²) < 4.78 is 0. The standard InChI is InChI=1S/C9H12N2O.ClH/c1-6-4-3-5-7(2)8(6)11-9(10)12;/h3-5H,1-2H3,(H3,10,11,12);1H. The van der Waals surface area contributed by atoms with Crippen LogP contribution in [-0.4, -0.2) is 6.03 Å². The van der Waals surface area contributed by atoms with Gasteiger partial charge in [-0.1, -0.05) is 18.2 Å². The Labute approximate surface area is 83.7 Å². The first-order chi connectivity index (χ1) is 5.61. The molecule has 0 bridgehead atoms. The van der Waals surface area contributed by atoms with Gasteiger partial charge in [0.25, 0.3) is 0 Å². The molecule has 1 aromatic rings. The Hall–Kier alpha value is -1.22. The first-order valence-corrected chi connectivity index (χ1v) is 3.74. The zero-order chi connectivity index (χ0) is 9.14. The van der Waals surface area contributed by atoms with Crippen LogP contribution in [0.3, 0.4) is 0 Å². The van der Waals surface area contributed by atoms with Gasteiger partial charge in [-0.15, -0.1) is 12.4 Å². The summed E-state index contributed by atoms with van der Waals surface area (Å²) in [5.41, 5.74) is 7.87. The molecule has 4 heteroatoms. The van der Waals surface area contributed by atoms with Gasteiger partial charge < -0.3 is 11.1 Å². The fourth-order valence-corrected chi connectivity index (χ4v) is 1.13. The monoisotopic (exact) mass is 200 g/mol. The lowest BCUT2D eigenvalue weighted by Gasteiger charge is -2.08. The number of anilines is 1. The highest BCUT2D eigenvalue weighted by Gasteiger charge is 2.02. The van der Waals surface area contributed by atoms with Crippen molar-refractivity contribution < 1.29 is 4.79 Å². The number of amides is 2. The molecule has 0 aliphatic heterocycles. The summed E-state index contributed by atoms with van der Waals surface area (Å²) in [5.74, 6) is 0. The van der Waals surface area contributed by atoms with E-state index in [1.165, 1.54) is 0 Å². The van der Waals surface area contributed by atoms with Crippen LogP contribution in [0.5, 0.6) is 0 Å². The van der Waals surface area contributed by atoms with Crippen molar-refractivity contribution in [2.24, 2.45) is 5.73 Å². The predicted octanol–water partition coefficient (Wildman–Crippen LogP) is 2.22. The smallest absolute Gasteiger partial charge is 0.316 e. The molecule has 0 heterocycles. The molecule has 0 atom stereocenters. The molecule has 0 radical (unpaired) electrons. The number of aryl methyl sites for hydroxylation is 2. The Morgan fingerprint density at radius 2 is 1.77 bits per heavy atom. The largest absolute Gasteiger partial charge is 0.351 e. The third-order valence-electron chi connectivity index (χ3n) is 1.73. The van der Waals surface area contributed by atoms with Crippen molar-refractivity contribution >= 4 is 24.1 Å². The Bertz CT molecular complexity index is 292. The molecule has 0 unspecified atom stereocenters. The Morgan fingerprint density at radius 1 is 1.31 bits per heavy atom. The first-order valence-electron chi connectivity index (χ1n) is 3.74. The number of nitrogens with two attached hydrogens (primary N) is 1. The van der Waals surface area contributed by atoms with Gasteiger partial charge in [-0.05, 0) is 25.0 Å². The summed E-state index contributed by atoms with van der Waals surface area (Å²) in [6, 6.07) is 5.28. The Morgan fingerprint density at radius 3 is 2.15 bits per heavy atom. The van der Waals surface area contributed by atoms with E-state index in [2.05, 4.69) is 5.32 Å². The van der Waals surface area contributed by atoms with Gasteiger partial charge in [-0.3, -0.25) is 0 Å². The van der Waals surface area contributed by atoms with E-state index in [1.54, 1.807) is 0 Å². The number of para-hydroxylation sites is 1. The van der Waals surface area contributed by atoms with E-state index in [-0.39, 0.29) is 12.4 Å². The third-order valence-corrected chi connectivity index (χ3v) is 1.73. The lowest BCUT2D eigenvalue weighted by molar-refractivity contribution is 0.259. The molecule has 0 fully saturated rings. The van der Waals surface area contributed by atoms with Crippen LogP contribution in [0.15, 0.2) is 18.2 Å². The molecule has 2 amide bonds. The SMILES string of the molecule is Cc1cccc(C)c1NC(N)=O.Cl. The number of hydrogen-bond donors (Lipinski definition) is 2. The maximum atomic E-state index is 10.6. The fraction of sp³-hybridized carbons (Fsp3) is 0.222. The molecule has 72 valence electrons. The highest BCUT2D eigenvalue weighted by molar-refractivity contribution is 5.89. The lowest BCUT2D eigenvalue weighted by Crippen LogP contribution is -2.20. The van der Waals surface area contributed by atoms with Gasteiger partial charge in [-0.25, -0.2) is 4.79 Å². The molecular formula is C9H13ClN2O. The number of carbonyl (C=O) groups is 1. The third kappa shape index (κ3) is 2.95. The van der Waals surface area contributed by atoms with Gasteiger partial charge in [0.2, 0.25) is 0 Å². The number of primary amides is 1. The number of halogens is 1. The number of benzene rings is 1. The molecule has 0 spiro atoms. The van der Waals surface area contributed by atoms with Crippen molar-refractivity contribution in [3.8, 4) is 0 Å². The first kappa shape index (κ1) is 11.8. The molecule has 0 aliphatic rings. The van der Waals surface area contributed by atoms with E-state index >= 15 is 0 Å². The molecule has 0 aliphatic carbocycles. The molecule has 3 N–H and O–H groups in total. The summed E-state index contributed by atoms with van der Waals surface area (Å²) in [5, 5.41) is 2.58. The second-order valence-corrected chi connectivity index (χ2v) is 2.76. The van der Waals surface area contributed by atoms with Crippen LogP contribution in [0, 0.1) is 13.8 Å². The quantitative estimate of drug-likeness (QED) is 0.718. The van der Waals surface area contributed by atoms with E-state index in [1.807, 2.05) is 32.0 Å². The van der Waals surface area contributed by atoms with Crippen LogP contribution in [0.1, 0.15) is 11.1 Å². The molecule has 13 heavy (non-hydrogen) atoms. The highest BCUT2D eigenvalue weighted by Crippen LogP contribution is 2.18. The number of nitrogens with one attached hydrogen (secondary N) is 1. The minimum atomic E-state index is -0.521. The van der Waals surface area contributed by atoms with E-state index in [0.717, 1.165) is 16.8 Å². The average Bonchev–Trinajstić information content (AvgIpc) is 1.97. The minimum absolute atomic E-state index is 0. The second-order valence-electron chi connectivity index (χ2n) is 2.76. The molecule has 0 saturated heterocycles. The fourth-order valence-electron chi connectivity index (χ4n) is 1.13. The summed E-state index contributed by atoms with van der Waals surface area (Å²) >= 11 is 0. The maximum absolute atomic E-state index is 10.6. The Kier molecular flexibility index (Phi) is 4.28.